The van der Waals surface area contributed by atoms with Gasteiger partial charge in [-0.15, -0.1) is 0 Å². The second-order valence-electron chi connectivity index (χ2n) is 9.29. The van der Waals surface area contributed by atoms with Gasteiger partial charge >= 0.3 is 0 Å². The number of benzene rings is 4. The number of hydrogen-bond donors (Lipinski definition) is 0. The Bertz CT molecular complexity index is 946. The van der Waals surface area contributed by atoms with Gasteiger partial charge in [-0.1, -0.05) is 72.8 Å². The van der Waals surface area contributed by atoms with E-state index in [0.717, 1.165) is 52.4 Å². The van der Waals surface area contributed by atoms with E-state index in [4.69, 9.17) is 0 Å². The van der Waals surface area contributed by atoms with Crippen LogP contribution in [-0.4, -0.2) is 52.4 Å². The van der Waals surface area contributed by atoms with Crippen molar-refractivity contribution in [3.05, 3.63) is 121 Å². The molecule has 0 atom stereocenters. The molecular weight excluding hydrogens is 440 g/mol. The van der Waals surface area contributed by atoms with Crippen molar-refractivity contribution in [2.24, 2.45) is 0 Å². The number of rotatable bonds is 4. The van der Waals surface area contributed by atoms with Gasteiger partial charge in [0.15, 0.2) is 0 Å². The second-order valence-corrected chi connectivity index (χ2v) is 9.29. The van der Waals surface area contributed by atoms with E-state index in [0.29, 0.717) is 0 Å². The summed E-state index contributed by atoms with van der Waals surface area (Å²) in [7, 11) is 0. The highest BCUT2D eigenvalue weighted by Gasteiger charge is 2.18. The van der Waals surface area contributed by atoms with Gasteiger partial charge in [0.25, 0.3) is 0 Å². The van der Waals surface area contributed by atoms with Crippen LogP contribution in [0.1, 0.15) is 0 Å². The largest absolute Gasteiger partial charge is 0.368 e. The molecule has 4 aromatic rings. The normalized spacial score (nSPS) is 15.8. The first kappa shape index (κ1) is 23.8. The third-order valence-electron chi connectivity index (χ3n) is 7.04. The average molecular weight is 477 g/mol. The first-order chi connectivity index (χ1) is 17.9. The van der Waals surface area contributed by atoms with Crippen LogP contribution in [0, 0.1) is 0 Å². The van der Waals surface area contributed by atoms with E-state index in [9.17, 15) is 0 Å². The van der Waals surface area contributed by atoms with E-state index < -0.39 is 0 Å². The highest BCUT2D eigenvalue weighted by atomic mass is 15.3. The first-order valence-electron chi connectivity index (χ1n) is 13.1. The van der Waals surface area contributed by atoms with E-state index in [1.807, 2.05) is 0 Å². The number of nitrogens with zero attached hydrogens (tertiary/aromatic N) is 4. The summed E-state index contributed by atoms with van der Waals surface area (Å²) in [6.07, 6.45) is 0. The van der Waals surface area contributed by atoms with Crippen LogP contribution in [0.4, 0.5) is 22.7 Å². The van der Waals surface area contributed by atoms with Crippen molar-refractivity contribution in [2.45, 2.75) is 0 Å². The fourth-order valence-corrected chi connectivity index (χ4v) is 5.00. The Balaban J connectivity index is 1.44. The number of hydrogen-bond acceptors (Lipinski definition) is 4. The zero-order chi connectivity index (χ0) is 24.4. The minimum absolute atomic E-state index is 0.979. The molecule has 5 rings (SSSR count). The predicted molar refractivity (Wildman–Crippen MR) is 155 cm³/mol. The maximum Gasteiger partial charge on any atom is 0.0367 e. The molecule has 0 radical (unpaired) electrons. The Labute approximate surface area is 216 Å². The Hall–Kier alpha value is -3.92. The van der Waals surface area contributed by atoms with Gasteiger partial charge in [-0.3, -0.25) is 0 Å². The fraction of sp³-hybridized carbons (Fsp3) is 0.250. The summed E-state index contributed by atoms with van der Waals surface area (Å²) in [6.45, 7) is 7.83. The lowest BCUT2D eigenvalue weighted by Crippen LogP contribution is -2.46. The smallest absolute Gasteiger partial charge is 0.0367 e. The molecule has 4 heteroatoms. The van der Waals surface area contributed by atoms with Crippen LogP contribution in [0.3, 0.4) is 0 Å². The minimum Gasteiger partial charge on any atom is -0.368 e. The van der Waals surface area contributed by atoms with Crippen LogP contribution in [0.5, 0.6) is 0 Å². The molecule has 0 saturated carbocycles. The first-order valence-corrected chi connectivity index (χ1v) is 13.1. The Kier molecular flexibility index (Phi) is 8.04. The van der Waals surface area contributed by atoms with Crippen molar-refractivity contribution in [3.63, 3.8) is 0 Å². The summed E-state index contributed by atoms with van der Waals surface area (Å²) in [5, 5.41) is 0. The molecule has 0 unspecified atom stereocenters. The summed E-state index contributed by atoms with van der Waals surface area (Å²) in [6, 6.07) is 43.5. The topological polar surface area (TPSA) is 13.0 Å². The molecule has 1 heterocycles. The van der Waals surface area contributed by atoms with Crippen molar-refractivity contribution >= 4 is 22.7 Å². The van der Waals surface area contributed by atoms with Crippen molar-refractivity contribution in [1.29, 1.82) is 0 Å². The van der Waals surface area contributed by atoms with Crippen LogP contribution >= 0.6 is 0 Å². The van der Waals surface area contributed by atoms with Crippen LogP contribution in [0.25, 0.3) is 0 Å². The van der Waals surface area contributed by atoms with Crippen LogP contribution in [-0.2, 0) is 0 Å². The van der Waals surface area contributed by atoms with Gasteiger partial charge in [0.2, 0.25) is 0 Å². The quantitative estimate of drug-likeness (QED) is 0.357. The van der Waals surface area contributed by atoms with E-state index in [-0.39, 0.29) is 0 Å². The van der Waals surface area contributed by atoms with E-state index in [2.05, 4.69) is 141 Å². The lowest BCUT2D eigenvalue weighted by Gasteiger charge is -2.37. The third-order valence-corrected chi connectivity index (χ3v) is 7.04. The molecule has 0 spiro atoms. The maximum atomic E-state index is 2.54. The summed E-state index contributed by atoms with van der Waals surface area (Å²) in [4.78, 5) is 10.2. The molecule has 0 N–H and O–H groups in total. The summed E-state index contributed by atoms with van der Waals surface area (Å²) < 4.78 is 0. The zero-order valence-electron chi connectivity index (χ0n) is 21.0. The molecule has 0 aliphatic carbocycles. The van der Waals surface area contributed by atoms with Gasteiger partial charge in [0, 0.05) is 75.1 Å². The molecule has 1 saturated heterocycles. The summed E-state index contributed by atoms with van der Waals surface area (Å²) in [5.74, 6) is 0. The molecule has 1 fully saturated rings. The molecule has 0 aromatic heterocycles. The van der Waals surface area contributed by atoms with Gasteiger partial charge in [0.05, 0.1) is 0 Å². The van der Waals surface area contributed by atoms with Crippen molar-refractivity contribution in [2.75, 3.05) is 72.0 Å². The Morgan fingerprint density at radius 3 is 0.583 bits per heavy atom. The average Bonchev–Trinajstić information content (AvgIpc) is 2.95. The monoisotopic (exact) mass is 476 g/mol. The Morgan fingerprint density at radius 2 is 0.417 bits per heavy atom. The molecule has 36 heavy (non-hydrogen) atoms. The van der Waals surface area contributed by atoms with E-state index >= 15 is 0 Å². The lowest BCUT2D eigenvalue weighted by atomic mass is 10.2. The molecule has 1 aliphatic heterocycles. The summed E-state index contributed by atoms with van der Waals surface area (Å²) in [5.41, 5.74) is 5.17. The standard InChI is InChI=1S/C32H36N4/c1-5-13-29(14-6-1)33-21-23-34(30-15-7-2-8-16-30)25-27-36(32-19-11-4-12-20-32)28-26-35(24-22-33)31-17-9-3-10-18-31/h1-20H,21-28H2. The van der Waals surface area contributed by atoms with Gasteiger partial charge in [-0.25, -0.2) is 0 Å². The number of para-hydroxylation sites is 4. The maximum absolute atomic E-state index is 2.54. The Morgan fingerprint density at radius 1 is 0.250 bits per heavy atom. The second kappa shape index (κ2) is 12.2. The predicted octanol–water partition coefficient (Wildman–Crippen LogP) is 6.03. The molecule has 4 aromatic carbocycles. The van der Waals surface area contributed by atoms with E-state index in [1.54, 1.807) is 0 Å². The van der Waals surface area contributed by atoms with Gasteiger partial charge in [-0.05, 0) is 48.5 Å². The van der Waals surface area contributed by atoms with Crippen LogP contribution in [0.15, 0.2) is 121 Å². The van der Waals surface area contributed by atoms with Gasteiger partial charge in [-0.2, -0.15) is 0 Å². The highest BCUT2D eigenvalue weighted by Crippen LogP contribution is 2.21. The molecule has 1 aliphatic rings. The fourth-order valence-electron chi connectivity index (χ4n) is 5.00. The lowest BCUT2D eigenvalue weighted by molar-refractivity contribution is 0.653. The van der Waals surface area contributed by atoms with Gasteiger partial charge < -0.3 is 19.6 Å². The zero-order valence-corrected chi connectivity index (χ0v) is 21.0. The molecule has 184 valence electrons. The van der Waals surface area contributed by atoms with E-state index in [1.165, 1.54) is 22.7 Å². The molecular formula is C32H36N4. The summed E-state index contributed by atoms with van der Waals surface area (Å²) >= 11 is 0. The molecule has 0 amide bonds. The molecule has 4 nitrogen and oxygen atoms in total. The van der Waals surface area contributed by atoms with Crippen molar-refractivity contribution in [3.8, 4) is 0 Å². The van der Waals surface area contributed by atoms with Crippen LogP contribution in [0.2, 0.25) is 0 Å². The van der Waals surface area contributed by atoms with Crippen molar-refractivity contribution < 1.29 is 0 Å². The highest BCUT2D eigenvalue weighted by molar-refractivity contribution is 5.52. The number of anilines is 4. The van der Waals surface area contributed by atoms with Crippen LogP contribution < -0.4 is 19.6 Å². The van der Waals surface area contributed by atoms with Gasteiger partial charge in [0.1, 0.15) is 0 Å². The minimum atomic E-state index is 0.979. The molecule has 0 bridgehead atoms. The SMILES string of the molecule is c1ccc(N2CCN(c3ccccc3)CCN(c3ccccc3)CCN(c3ccccc3)CC2)cc1. The van der Waals surface area contributed by atoms with Crippen molar-refractivity contribution in [1.82, 2.24) is 0 Å². The third kappa shape index (κ3) is 6.19.